The van der Waals surface area contributed by atoms with Crippen molar-refractivity contribution in [3.05, 3.63) is 76.4 Å². The molecule has 0 unspecified atom stereocenters. The van der Waals surface area contributed by atoms with Gasteiger partial charge < -0.3 is 4.74 Å². The first-order valence-electron chi connectivity index (χ1n) is 8.51. The fourth-order valence-electron chi connectivity index (χ4n) is 2.42. The number of aryl methyl sites for hydroxylation is 1. The van der Waals surface area contributed by atoms with Gasteiger partial charge in [-0.15, -0.1) is 0 Å². The predicted octanol–water partition coefficient (Wildman–Crippen LogP) is 6.65. The first kappa shape index (κ1) is 18.7. The first-order valence-corrected chi connectivity index (χ1v) is 9.87. The fourth-order valence-corrected chi connectivity index (χ4v) is 3.40. The van der Waals surface area contributed by atoms with Crippen LogP contribution in [0.5, 0.6) is 11.6 Å². The van der Waals surface area contributed by atoms with Crippen molar-refractivity contribution in [2.24, 2.45) is 0 Å². The molecule has 1 aromatic heterocycles. The van der Waals surface area contributed by atoms with E-state index in [1.807, 2.05) is 24.3 Å². The van der Waals surface area contributed by atoms with Gasteiger partial charge in [-0.05, 0) is 30.5 Å². The Morgan fingerprint density at radius 3 is 2.58 bits per heavy atom. The summed E-state index contributed by atoms with van der Waals surface area (Å²) < 4.78 is 5.92. The third-order valence-electron chi connectivity index (χ3n) is 3.80. The normalized spacial score (nSPS) is 11.0. The molecule has 0 saturated carbocycles. The third-order valence-corrected chi connectivity index (χ3v) is 5.03. The van der Waals surface area contributed by atoms with Crippen molar-refractivity contribution >= 4 is 23.4 Å². The van der Waals surface area contributed by atoms with Crippen molar-refractivity contribution in [1.29, 1.82) is 0 Å². The second-order valence-electron chi connectivity index (χ2n) is 6.38. The Bertz CT molecular complexity index is 899. The number of rotatable bonds is 6. The number of ether oxygens (including phenoxy) is 1. The average Bonchev–Trinajstić information content (AvgIpc) is 2.62. The molecular weight excluding hydrogens is 364 g/mol. The molecule has 2 aromatic carbocycles. The molecule has 0 N–H and O–H groups in total. The van der Waals surface area contributed by atoms with Gasteiger partial charge in [0, 0.05) is 11.8 Å². The summed E-state index contributed by atoms with van der Waals surface area (Å²) in [6.07, 6.45) is 0. The van der Waals surface area contributed by atoms with E-state index in [4.69, 9.17) is 16.3 Å². The molecule has 0 aliphatic heterocycles. The number of thioether (sulfide) groups is 1. The Morgan fingerprint density at radius 2 is 1.85 bits per heavy atom. The van der Waals surface area contributed by atoms with Gasteiger partial charge in [0.25, 0.3) is 0 Å². The molecule has 3 rings (SSSR count). The van der Waals surface area contributed by atoms with Crippen molar-refractivity contribution in [3.63, 3.8) is 0 Å². The summed E-state index contributed by atoms with van der Waals surface area (Å²) in [5, 5.41) is 1.27. The Kier molecular flexibility index (Phi) is 6.17. The van der Waals surface area contributed by atoms with Crippen LogP contribution in [0.15, 0.2) is 59.8 Å². The highest BCUT2D eigenvalue weighted by atomic mass is 35.5. The first-order chi connectivity index (χ1) is 12.5. The molecule has 0 radical (unpaired) electrons. The summed E-state index contributed by atoms with van der Waals surface area (Å²) >= 11 is 7.81. The number of hydrogen-bond acceptors (Lipinski definition) is 4. The minimum Gasteiger partial charge on any atom is -0.437 e. The largest absolute Gasteiger partial charge is 0.437 e. The maximum atomic E-state index is 6.20. The lowest BCUT2D eigenvalue weighted by atomic mass is 10.1. The average molecular weight is 385 g/mol. The number of aromatic nitrogens is 2. The topological polar surface area (TPSA) is 35.0 Å². The summed E-state index contributed by atoms with van der Waals surface area (Å²) in [7, 11) is 0. The lowest BCUT2D eigenvalue weighted by Gasteiger charge is -2.11. The van der Waals surface area contributed by atoms with Gasteiger partial charge in [0.05, 0.1) is 10.7 Å². The van der Waals surface area contributed by atoms with Crippen LogP contribution >= 0.6 is 23.4 Å². The maximum Gasteiger partial charge on any atom is 0.223 e. The molecule has 3 nitrogen and oxygen atoms in total. The van der Waals surface area contributed by atoms with E-state index in [0.717, 1.165) is 11.4 Å². The summed E-state index contributed by atoms with van der Waals surface area (Å²) in [5.74, 6) is 2.21. The van der Waals surface area contributed by atoms with E-state index in [-0.39, 0.29) is 5.92 Å². The molecule has 5 heteroatoms. The van der Waals surface area contributed by atoms with Crippen LogP contribution in [0.4, 0.5) is 0 Å². The van der Waals surface area contributed by atoms with E-state index in [9.17, 15) is 0 Å². The lowest BCUT2D eigenvalue weighted by molar-refractivity contribution is 0.453. The second-order valence-corrected chi connectivity index (χ2v) is 7.73. The molecule has 0 spiro atoms. The molecule has 0 amide bonds. The van der Waals surface area contributed by atoms with Gasteiger partial charge >= 0.3 is 0 Å². The lowest BCUT2D eigenvalue weighted by Crippen LogP contribution is -2.00. The molecule has 3 aromatic rings. The minimum absolute atomic E-state index is 0.282. The summed E-state index contributed by atoms with van der Waals surface area (Å²) in [6, 6.07) is 17.7. The summed E-state index contributed by atoms with van der Waals surface area (Å²) in [4.78, 5) is 9.23. The zero-order valence-electron chi connectivity index (χ0n) is 15.1. The van der Waals surface area contributed by atoms with E-state index < -0.39 is 0 Å². The number of nitrogens with zero attached hydrogens (tertiary/aromatic N) is 2. The van der Waals surface area contributed by atoms with Gasteiger partial charge in [-0.2, -0.15) is 4.98 Å². The van der Waals surface area contributed by atoms with E-state index in [0.29, 0.717) is 21.8 Å². The minimum atomic E-state index is 0.282. The number of benzene rings is 2. The standard InChI is InChI=1S/C21H21ClN2OS/c1-14(2)18-12-20(25-19-10-5-4-9-17(19)22)24-21(23-18)26-13-16-8-6-7-15(3)11-16/h4-12,14H,13H2,1-3H3. The quantitative estimate of drug-likeness (QED) is 0.352. The Morgan fingerprint density at radius 1 is 1.04 bits per heavy atom. The summed E-state index contributed by atoms with van der Waals surface area (Å²) in [6.45, 7) is 6.31. The molecule has 0 aliphatic rings. The van der Waals surface area contributed by atoms with Crippen LogP contribution in [0.3, 0.4) is 0 Å². The molecule has 134 valence electrons. The Labute approximate surface area is 163 Å². The molecule has 1 heterocycles. The van der Waals surface area contributed by atoms with Crippen LogP contribution in [-0.4, -0.2) is 9.97 Å². The molecule has 0 saturated heterocycles. The van der Waals surface area contributed by atoms with E-state index in [1.165, 1.54) is 11.1 Å². The van der Waals surface area contributed by atoms with Gasteiger partial charge in [-0.25, -0.2) is 4.98 Å². The highest BCUT2D eigenvalue weighted by Crippen LogP contribution is 2.31. The van der Waals surface area contributed by atoms with Crippen molar-refractivity contribution in [2.45, 2.75) is 37.6 Å². The third kappa shape index (κ3) is 4.99. The summed E-state index contributed by atoms with van der Waals surface area (Å²) in [5.41, 5.74) is 3.46. The van der Waals surface area contributed by atoms with Gasteiger partial charge in [-0.1, -0.05) is 79.2 Å². The van der Waals surface area contributed by atoms with Crippen LogP contribution in [0.25, 0.3) is 0 Å². The molecular formula is C21H21ClN2OS. The van der Waals surface area contributed by atoms with Gasteiger partial charge in [-0.3, -0.25) is 0 Å². The van der Waals surface area contributed by atoms with Gasteiger partial charge in [0.15, 0.2) is 5.16 Å². The zero-order valence-corrected chi connectivity index (χ0v) is 16.6. The zero-order chi connectivity index (χ0) is 18.5. The number of para-hydroxylation sites is 1. The van der Waals surface area contributed by atoms with Crippen LogP contribution in [-0.2, 0) is 5.75 Å². The van der Waals surface area contributed by atoms with Crippen LogP contribution in [0, 0.1) is 6.92 Å². The van der Waals surface area contributed by atoms with Crippen LogP contribution < -0.4 is 4.74 Å². The highest BCUT2D eigenvalue weighted by Gasteiger charge is 2.11. The molecule has 26 heavy (non-hydrogen) atoms. The smallest absolute Gasteiger partial charge is 0.223 e. The Hall–Kier alpha value is -2.04. The van der Waals surface area contributed by atoms with E-state index >= 15 is 0 Å². The Balaban J connectivity index is 1.83. The van der Waals surface area contributed by atoms with Crippen molar-refractivity contribution in [2.75, 3.05) is 0 Å². The predicted molar refractivity (Wildman–Crippen MR) is 108 cm³/mol. The highest BCUT2D eigenvalue weighted by molar-refractivity contribution is 7.98. The SMILES string of the molecule is Cc1cccc(CSc2nc(Oc3ccccc3Cl)cc(C(C)C)n2)c1. The number of hydrogen-bond donors (Lipinski definition) is 0. The fraction of sp³-hybridized carbons (Fsp3) is 0.238. The van der Waals surface area contributed by atoms with E-state index in [2.05, 4.69) is 55.0 Å². The number of halogens is 1. The van der Waals surface area contributed by atoms with Crippen molar-refractivity contribution in [1.82, 2.24) is 9.97 Å². The van der Waals surface area contributed by atoms with Gasteiger partial charge in [0.2, 0.25) is 5.88 Å². The maximum absolute atomic E-state index is 6.20. The monoisotopic (exact) mass is 384 g/mol. The second kappa shape index (κ2) is 8.56. The van der Waals surface area contributed by atoms with Crippen LogP contribution in [0.2, 0.25) is 5.02 Å². The molecule has 0 bridgehead atoms. The van der Waals surface area contributed by atoms with Crippen LogP contribution in [0.1, 0.15) is 36.6 Å². The van der Waals surface area contributed by atoms with E-state index in [1.54, 1.807) is 17.8 Å². The molecule has 0 aliphatic carbocycles. The molecule has 0 atom stereocenters. The van der Waals surface area contributed by atoms with Crippen molar-refractivity contribution < 1.29 is 4.74 Å². The van der Waals surface area contributed by atoms with Gasteiger partial charge in [0.1, 0.15) is 5.75 Å². The van der Waals surface area contributed by atoms with Crippen molar-refractivity contribution in [3.8, 4) is 11.6 Å². The molecule has 0 fully saturated rings.